The first-order valence-corrected chi connectivity index (χ1v) is 8.90. The first kappa shape index (κ1) is 16.4. The van der Waals surface area contributed by atoms with Crippen LogP contribution in [0.5, 0.6) is 0 Å². The summed E-state index contributed by atoms with van der Waals surface area (Å²) in [6.07, 6.45) is 5.38. The lowest BCUT2D eigenvalue weighted by atomic mass is 10.1. The van der Waals surface area contributed by atoms with Crippen LogP contribution in [0.15, 0.2) is 35.4 Å². The normalized spacial score (nSPS) is 14.7. The van der Waals surface area contributed by atoms with Crippen molar-refractivity contribution in [2.75, 3.05) is 13.1 Å². The summed E-state index contributed by atoms with van der Waals surface area (Å²) in [5.41, 5.74) is 1.79. The van der Waals surface area contributed by atoms with E-state index in [-0.39, 0.29) is 17.2 Å². The smallest absolute Gasteiger partial charge is 0.337 e. The van der Waals surface area contributed by atoms with Crippen molar-refractivity contribution < 1.29 is 4.79 Å². The zero-order valence-electron chi connectivity index (χ0n) is 14.6. The molecule has 26 heavy (non-hydrogen) atoms. The monoisotopic (exact) mass is 352 g/mol. The fourth-order valence-electron chi connectivity index (χ4n) is 3.24. The molecule has 1 aliphatic rings. The van der Waals surface area contributed by atoms with Gasteiger partial charge in [-0.15, -0.1) is 5.10 Å². The highest BCUT2D eigenvalue weighted by Gasteiger charge is 2.24. The van der Waals surface area contributed by atoms with Crippen molar-refractivity contribution in [3.8, 4) is 5.69 Å². The van der Waals surface area contributed by atoms with Crippen LogP contribution in [0.2, 0.25) is 0 Å². The van der Waals surface area contributed by atoms with E-state index < -0.39 is 5.69 Å². The van der Waals surface area contributed by atoms with E-state index in [0.29, 0.717) is 18.8 Å². The number of hydrogen-bond donors (Lipinski definition) is 0. The van der Waals surface area contributed by atoms with Crippen molar-refractivity contribution in [3.63, 3.8) is 0 Å². The molecule has 1 aromatic carbocycles. The Bertz CT molecular complexity index is 999. The summed E-state index contributed by atoms with van der Waals surface area (Å²) in [5.74, 6) is -0.189. The lowest BCUT2D eigenvalue weighted by Crippen LogP contribution is -2.36. The maximum absolute atomic E-state index is 12.8. The maximum atomic E-state index is 12.8. The number of fused-ring (bicyclic) bond motifs is 1. The minimum absolute atomic E-state index is 0.185. The third kappa shape index (κ3) is 2.77. The zero-order valence-corrected chi connectivity index (χ0v) is 14.6. The van der Waals surface area contributed by atoms with Crippen LogP contribution in [-0.4, -0.2) is 48.3 Å². The highest BCUT2D eigenvalue weighted by molar-refractivity contribution is 5.97. The molecule has 0 aliphatic carbocycles. The third-order valence-corrected chi connectivity index (χ3v) is 4.79. The first-order valence-electron chi connectivity index (χ1n) is 8.90. The number of nitrogens with zero attached hydrogens (tertiary/aromatic N) is 6. The number of hydrogen-bond acceptors (Lipinski definition) is 5. The van der Waals surface area contributed by atoms with Gasteiger partial charge in [-0.05, 0) is 43.4 Å². The van der Waals surface area contributed by atoms with Gasteiger partial charge in [-0.1, -0.05) is 24.3 Å². The molecule has 0 unspecified atom stereocenters. The average molecular weight is 352 g/mol. The van der Waals surface area contributed by atoms with Crippen LogP contribution >= 0.6 is 0 Å². The topological polar surface area (TPSA) is 85.4 Å². The number of carbonyl (C=O) groups excluding carboxylic acids is 1. The highest BCUT2D eigenvalue weighted by Crippen LogP contribution is 2.14. The Labute approximate surface area is 150 Å². The summed E-state index contributed by atoms with van der Waals surface area (Å²) in [7, 11) is 0. The van der Waals surface area contributed by atoms with Gasteiger partial charge in [-0.25, -0.2) is 14.2 Å². The number of rotatable bonds is 3. The molecule has 134 valence electrons. The van der Waals surface area contributed by atoms with Gasteiger partial charge in [0.15, 0.2) is 11.3 Å². The fraction of sp³-hybridized carbons (Fsp3) is 0.389. The summed E-state index contributed by atoms with van der Waals surface area (Å²) in [6, 6.07) is 7.56. The van der Waals surface area contributed by atoms with Crippen molar-refractivity contribution in [1.29, 1.82) is 0 Å². The molecule has 1 fully saturated rings. The molecule has 1 amide bonds. The molecule has 0 radical (unpaired) electrons. The second kappa shape index (κ2) is 6.70. The molecule has 2 aromatic heterocycles. The number of imidazole rings is 1. The van der Waals surface area contributed by atoms with E-state index in [4.69, 9.17) is 0 Å². The van der Waals surface area contributed by atoms with E-state index in [0.717, 1.165) is 25.7 Å². The largest absolute Gasteiger partial charge is 0.357 e. The van der Waals surface area contributed by atoms with Gasteiger partial charge < -0.3 is 4.90 Å². The molecular weight excluding hydrogens is 332 g/mol. The maximum Gasteiger partial charge on any atom is 0.357 e. The predicted molar refractivity (Wildman–Crippen MR) is 95.5 cm³/mol. The number of aryl methyl sites for hydroxylation is 1. The Hall–Kier alpha value is -3.03. The Morgan fingerprint density at radius 3 is 2.54 bits per heavy atom. The number of carbonyl (C=O) groups is 1. The Kier molecular flexibility index (Phi) is 4.24. The summed E-state index contributed by atoms with van der Waals surface area (Å²) in [5, 5.41) is 8.12. The molecule has 8 nitrogen and oxygen atoms in total. The molecule has 3 heterocycles. The lowest BCUT2D eigenvalue weighted by Gasteiger charge is -2.25. The molecule has 3 aromatic rings. The van der Waals surface area contributed by atoms with Gasteiger partial charge >= 0.3 is 5.69 Å². The molecule has 4 rings (SSSR count). The number of piperidine rings is 1. The Morgan fingerprint density at radius 1 is 1.12 bits per heavy atom. The lowest BCUT2D eigenvalue weighted by molar-refractivity contribution is 0.0720. The van der Waals surface area contributed by atoms with Gasteiger partial charge in [0.25, 0.3) is 5.91 Å². The highest BCUT2D eigenvalue weighted by atomic mass is 16.2. The van der Waals surface area contributed by atoms with Gasteiger partial charge in [0.1, 0.15) is 6.33 Å². The van der Waals surface area contributed by atoms with Crippen molar-refractivity contribution in [2.24, 2.45) is 0 Å². The SMILES string of the molecule is CCc1ccc(-n2nnc3c(C(=O)N4CCCCC4)ncn3c2=O)cc1. The van der Waals surface area contributed by atoms with E-state index in [1.165, 1.54) is 21.0 Å². The standard InChI is InChI=1S/C18H20N6O2/c1-2-13-6-8-14(9-7-13)24-18(26)23-12-19-15(16(23)20-21-24)17(25)22-10-4-3-5-11-22/h6-9,12H,2-5,10-11H2,1H3. The summed E-state index contributed by atoms with van der Waals surface area (Å²) < 4.78 is 2.49. The van der Waals surface area contributed by atoms with Crippen molar-refractivity contribution in [1.82, 2.24) is 29.3 Å². The summed E-state index contributed by atoms with van der Waals surface area (Å²) in [4.78, 5) is 31.4. The molecule has 8 heteroatoms. The fourth-order valence-corrected chi connectivity index (χ4v) is 3.24. The van der Waals surface area contributed by atoms with E-state index in [1.54, 1.807) is 4.90 Å². The predicted octanol–water partition coefficient (Wildman–Crippen LogP) is 1.46. The van der Waals surface area contributed by atoms with Crippen LogP contribution in [0, 0.1) is 0 Å². The molecule has 0 spiro atoms. The van der Waals surface area contributed by atoms with Gasteiger partial charge in [0.2, 0.25) is 0 Å². The zero-order chi connectivity index (χ0) is 18.1. The Morgan fingerprint density at radius 2 is 1.85 bits per heavy atom. The van der Waals surface area contributed by atoms with Crippen LogP contribution in [-0.2, 0) is 6.42 Å². The summed E-state index contributed by atoms with van der Waals surface area (Å²) >= 11 is 0. The second-order valence-electron chi connectivity index (χ2n) is 6.44. The molecule has 0 N–H and O–H groups in total. The van der Waals surface area contributed by atoms with Crippen molar-refractivity contribution in [2.45, 2.75) is 32.6 Å². The van der Waals surface area contributed by atoms with E-state index in [9.17, 15) is 9.59 Å². The second-order valence-corrected chi connectivity index (χ2v) is 6.44. The summed E-state index contributed by atoms with van der Waals surface area (Å²) in [6.45, 7) is 3.50. The quantitative estimate of drug-likeness (QED) is 0.712. The van der Waals surface area contributed by atoms with Crippen LogP contribution in [0.3, 0.4) is 0 Å². The van der Waals surface area contributed by atoms with Crippen LogP contribution in [0.25, 0.3) is 11.3 Å². The molecule has 0 bridgehead atoms. The minimum atomic E-state index is -0.399. The Balaban J connectivity index is 1.73. The van der Waals surface area contributed by atoms with Crippen molar-refractivity contribution >= 4 is 11.6 Å². The minimum Gasteiger partial charge on any atom is -0.337 e. The molecular formula is C18H20N6O2. The first-order chi connectivity index (χ1) is 12.7. The molecule has 1 aliphatic heterocycles. The molecule has 1 saturated heterocycles. The number of aromatic nitrogens is 5. The average Bonchev–Trinajstić information content (AvgIpc) is 3.13. The van der Waals surface area contributed by atoms with Crippen molar-refractivity contribution in [3.05, 3.63) is 52.3 Å². The van der Waals surface area contributed by atoms with Gasteiger partial charge in [0, 0.05) is 13.1 Å². The third-order valence-electron chi connectivity index (χ3n) is 4.79. The van der Waals surface area contributed by atoms with E-state index in [2.05, 4.69) is 22.2 Å². The molecule has 0 saturated carbocycles. The van der Waals surface area contributed by atoms with Crippen LogP contribution < -0.4 is 5.69 Å². The number of amides is 1. The number of benzene rings is 1. The van der Waals surface area contributed by atoms with Gasteiger partial charge in [-0.2, -0.15) is 4.68 Å². The van der Waals surface area contributed by atoms with Gasteiger partial charge in [-0.3, -0.25) is 4.79 Å². The molecule has 0 atom stereocenters. The van der Waals surface area contributed by atoms with Gasteiger partial charge in [0.05, 0.1) is 5.69 Å². The van der Waals surface area contributed by atoms with E-state index >= 15 is 0 Å². The van der Waals surface area contributed by atoms with Crippen LogP contribution in [0.1, 0.15) is 42.2 Å². The number of likely N-dealkylation sites (tertiary alicyclic amines) is 1. The van der Waals surface area contributed by atoms with Crippen LogP contribution in [0.4, 0.5) is 0 Å². The van der Waals surface area contributed by atoms with E-state index in [1.807, 2.05) is 24.3 Å².